The van der Waals surface area contributed by atoms with E-state index in [4.69, 9.17) is 10.5 Å². The van der Waals surface area contributed by atoms with Gasteiger partial charge in [0.1, 0.15) is 17.4 Å². The third kappa shape index (κ3) is 1.76. The van der Waals surface area contributed by atoms with Crippen molar-refractivity contribution in [2.75, 3.05) is 13.1 Å². The monoisotopic (exact) mass is 384 g/mol. The average molecular weight is 384 g/mol. The molecule has 1 unspecified atom stereocenters. The molecule has 0 aromatic heterocycles. The van der Waals surface area contributed by atoms with Gasteiger partial charge in [-0.3, -0.25) is 9.59 Å². The second-order valence-electron chi connectivity index (χ2n) is 9.47. The van der Waals surface area contributed by atoms with E-state index in [1.807, 2.05) is 6.07 Å². The lowest BCUT2D eigenvalue weighted by Gasteiger charge is -2.67. The van der Waals surface area contributed by atoms with Crippen molar-refractivity contribution in [2.45, 2.75) is 61.7 Å². The molecule has 2 saturated carbocycles. The minimum Gasteiger partial charge on any atom is -0.632 e. The standard InChI is InChI=1S/C21H24N2O5/c22-19(25)13-4-3-12-9-15-21(26)6-5-14(24)18-20(21,16(12)17(13)28-18)7-8-23(15,27)10-11-1-2-11/h3-4,11,15,18,26H,1-2,5-10H2,(H2,22,25)/t15-,18+,20+,21-,23?/m1/s1. The number of primary amides is 1. The molecule has 5 atom stereocenters. The van der Waals surface area contributed by atoms with Crippen LogP contribution < -0.4 is 10.5 Å². The molecule has 7 nitrogen and oxygen atoms in total. The summed E-state index contributed by atoms with van der Waals surface area (Å²) in [6.07, 6.45) is 2.66. The minimum absolute atomic E-state index is 0.0593. The van der Waals surface area contributed by atoms with Gasteiger partial charge in [0.25, 0.3) is 5.91 Å². The predicted molar refractivity (Wildman–Crippen MR) is 98.4 cm³/mol. The average Bonchev–Trinajstić information content (AvgIpc) is 3.37. The van der Waals surface area contributed by atoms with Crippen LogP contribution in [-0.4, -0.2) is 52.3 Å². The van der Waals surface area contributed by atoms with Crippen LogP contribution in [0, 0.1) is 11.1 Å². The van der Waals surface area contributed by atoms with Crippen molar-refractivity contribution in [1.82, 2.24) is 0 Å². The van der Waals surface area contributed by atoms with E-state index in [-0.39, 0.29) is 28.8 Å². The number of carbonyl (C=O) groups excluding carboxylic acids is 2. The molecule has 2 aliphatic heterocycles. The Kier molecular flexibility index (Phi) is 3.00. The second-order valence-corrected chi connectivity index (χ2v) is 9.47. The zero-order valence-corrected chi connectivity index (χ0v) is 15.6. The molecular weight excluding hydrogens is 360 g/mol. The Labute approximate surface area is 162 Å². The molecule has 1 aromatic rings. The molecule has 3 aliphatic carbocycles. The highest BCUT2D eigenvalue weighted by molar-refractivity contribution is 5.98. The Morgan fingerprint density at radius 3 is 2.86 bits per heavy atom. The number of rotatable bonds is 3. The van der Waals surface area contributed by atoms with Gasteiger partial charge in [-0.05, 0) is 30.9 Å². The molecule has 1 spiro atoms. The van der Waals surface area contributed by atoms with Crippen LogP contribution in [0.25, 0.3) is 0 Å². The zero-order valence-electron chi connectivity index (χ0n) is 15.6. The third-order valence-electron chi connectivity index (χ3n) is 8.14. The summed E-state index contributed by atoms with van der Waals surface area (Å²) in [5.74, 6) is 0.140. The number of ketones is 1. The number of hydrogen-bond donors (Lipinski definition) is 2. The topological polar surface area (TPSA) is 113 Å². The van der Waals surface area contributed by atoms with Crippen LogP contribution in [0.3, 0.4) is 0 Å². The number of amides is 1. The summed E-state index contributed by atoms with van der Waals surface area (Å²) in [6.45, 7) is 0.917. The molecule has 2 heterocycles. The van der Waals surface area contributed by atoms with E-state index in [9.17, 15) is 19.9 Å². The Morgan fingerprint density at radius 1 is 1.36 bits per heavy atom. The number of aliphatic hydroxyl groups is 1. The first kappa shape index (κ1) is 16.9. The lowest BCUT2D eigenvalue weighted by Crippen LogP contribution is -2.80. The van der Waals surface area contributed by atoms with E-state index in [2.05, 4.69) is 0 Å². The molecule has 7 heteroatoms. The molecule has 2 bridgehead atoms. The van der Waals surface area contributed by atoms with Crippen molar-refractivity contribution in [1.29, 1.82) is 0 Å². The van der Waals surface area contributed by atoms with Gasteiger partial charge in [-0.25, -0.2) is 0 Å². The van der Waals surface area contributed by atoms with Crippen LogP contribution in [0.2, 0.25) is 0 Å². The minimum atomic E-state index is -1.30. The van der Waals surface area contributed by atoms with E-state index in [1.54, 1.807) is 6.07 Å². The Bertz CT molecular complexity index is 943. The van der Waals surface area contributed by atoms with Crippen molar-refractivity contribution in [3.63, 3.8) is 0 Å². The van der Waals surface area contributed by atoms with Gasteiger partial charge in [-0.15, -0.1) is 0 Å². The second kappa shape index (κ2) is 4.96. The van der Waals surface area contributed by atoms with Crippen molar-refractivity contribution < 1.29 is 24.1 Å². The fourth-order valence-corrected chi connectivity index (χ4v) is 6.75. The highest BCUT2D eigenvalue weighted by atomic mass is 16.6. The van der Waals surface area contributed by atoms with Gasteiger partial charge in [-0.2, -0.15) is 0 Å². The van der Waals surface area contributed by atoms with Crippen LogP contribution in [0.1, 0.15) is 53.6 Å². The smallest absolute Gasteiger partial charge is 0.252 e. The van der Waals surface area contributed by atoms with Gasteiger partial charge >= 0.3 is 0 Å². The summed E-state index contributed by atoms with van der Waals surface area (Å²) < 4.78 is 5.71. The number of Topliss-reactive ketones (excluding diaryl/α,β-unsaturated/α-hetero) is 1. The Hall–Kier alpha value is -1.96. The van der Waals surface area contributed by atoms with E-state index < -0.39 is 29.1 Å². The van der Waals surface area contributed by atoms with Crippen LogP contribution in [0.15, 0.2) is 12.1 Å². The Morgan fingerprint density at radius 2 is 2.14 bits per heavy atom. The van der Waals surface area contributed by atoms with E-state index in [0.717, 1.165) is 24.0 Å². The van der Waals surface area contributed by atoms with Gasteiger partial charge < -0.3 is 25.4 Å². The number of piperidine rings is 1. The molecule has 6 rings (SSSR count). The lowest BCUT2D eigenvalue weighted by molar-refractivity contribution is -0.923. The van der Waals surface area contributed by atoms with Gasteiger partial charge in [-0.1, -0.05) is 6.07 Å². The molecule has 1 saturated heterocycles. The SMILES string of the molecule is NC(=O)c1ccc2c3c1O[C@H]1C(=O)CC[C@@]4(O)[C@@H](C2)[N+]([O-])(CC2CC2)CC[C@]314. The number of nitrogens with zero attached hydrogens (tertiary/aromatic N) is 1. The molecule has 3 fully saturated rings. The highest BCUT2D eigenvalue weighted by Crippen LogP contribution is 2.65. The van der Waals surface area contributed by atoms with Crippen molar-refractivity contribution >= 4 is 11.7 Å². The van der Waals surface area contributed by atoms with Crippen LogP contribution in [0.5, 0.6) is 5.75 Å². The first-order valence-electron chi connectivity index (χ1n) is 10.3. The summed E-state index contributed by atoms with van der Waals surface area (Å²) in [4.78, 5) is 24.8. The van der Waals surface area contributed by atoms with Crippen molar-refractivity contribution in [2.24, 2.45) is 11.7 Å². The molecular formula is C21H24N2O5. The number of nitrogens with two attached hydrogens (primary N) is 1. The number of quaternary nitrogens is 1. The van der Waals surface area contributed by atoms with Gasteiger partial charge in [0, 0.05) is 30.7 Å². The number of ether oxygens (including phenoxy) is 1. The summed E-state index contributed by atoms with van der Waals surface area (Å²) in [7, 11) is 0. The largest absolute Gasteiger partial charge is 0.632 e. The van der Waals surface area contributed by atoms with E-state index in [1.165, 1.54) is 0 Å². The molecule has 1 amide bonds. The molecule has 0 radical (unpaired) electrons. The Balaban J connectivity index is 1.60. The first-order chi connectivity index (χ1) is 13.3. The summed E-state index contributed by atoms with van der Waals surface area (Å²) in [5, 5.41) is 26.0. The summed E-state index contributed by atoms with van der Waals surface area (Å²) in [6, 6.07) is 2.97. The first-order valence-corrected chi connectivity index (χ1v) is 10.3. The quantitative estimate of drug-likeness (QED) is 0.595. The molecule has 28 heavy (non-hydrogen) atoms. The fourth-order valence-electron chi connectivity index (χ4n) is 6.75. The maximum absolute atomic E-state index is 13.9. The number of carbonyl (C=O) groups is 2. The number of benzene rings is 1. The zero-order chi connectivity index (χ0) is 19.5. The molecule has 148 valence electrons. The summed E-state index contributed by atoms with van der Waals surface area (Å²) in [5.41, 5.74) is 5.26. The fraction of sp³-hybridized carbons (Fsp3) is 0.619. The molecule has 1 aromatic carbocycles. The van der Waals surface area contributed by atoms with Gasteiger partial charge in [0.05, 0.1) is 24.1 Å². The van der Waals surface area contributed by atoms with Gasteiger partial charge in [0.2, 0.25) is 0 Å². The molecule has 5 aliphatic rings. The maximum Gasteiger partial charge on any atom is 0.252 e. The van der Waals surface area contributed by atoms with E-state index in [0.29, 0.717) is 37.6 Å². The van der Waals surface area contributed by atoms with Gasteiger partial charge in [0.15, 0.2) is 11.9 Å². The van der Waals surface area contributed by atoms with Crippen molar-refractivity contribution in [3.05, 3.63) is 34.0 Å². The highest BCUT2D eigenvalue weighted by Gasteiger charge is 2.76. The van der Waals surface area contributed by atoms with Crippen LogP contribution in [0.4, 0.5) is 0 Å². The predicted octanol–water partition coefficient (Wildman–Crippen LogP) is 0.931. The normalized spacial score (nSPS) is 42.7. The summed E-state index contributed by atoms with van der Waals surface area (Å²) >= 11 is 0. The molecule has 3 N–H and O–H groups in total. The number of hydroxylamine groups is 3. The maximum atomic E-state index is 13.9. The van der Waals surface area contributed by atoms with Crippen LogP contribution in [-0.2, 0) is 16.6 Å². The number of likely N-dealkylation sites (tertiary alicyclic amines) is 1. The van der Waals surface area contributed by atoms with Crippen molar-refractivity contribution in [3.8, 4) is 5.75 Å². The third-order valence-corrected chi connectivity index (χ3v) is 8.14. The number of hydrogen-bond acceptors (Lipinski definition) is 5. The van der Waals surface area contributed by atoms with Crippen LogP contribution >= 0.6 is 0 Å². The lowest BCUT2D eigenvalue weighted by atomic mass is 9.48. The van der Waals surface area contributed by atoms with E-state index >= 15 is 0 Å².